The van der Waals surface area contributed by atoms with Gasteiger partial charge in [-0.2, -0.15) is 5.26 Å². The van der Waals surface area contributed by atoms with Crippen molar-refractivity contribution >= 4 is 17.6 Å². The number of benzene rings is 1. The molecule has 6 nitrogen and oxygen atoms in total. The molecule has 120 valence electrons. The Labute approximate surface area is 135 Å². The molecule has 2 rings (SSSR count). The third kappa shape index (κ3) is 4.85. The number of carboxylic acids is 1. The Morgan fingerprint density at radius 3 is 2.26 bits per heavy atom. The van der Waals surface area contributed by atoms with Crippen LogP contribution in [0.15, 0.2) is 36.0 Å². The van der Waals surface area contributed by atoms with E-state index in [4.69, 9.17) is 5.11 Å². The molecular formula is C17H19N3O3. The van der Waals surface area contributed by atoms with Gasteiger partial charge in [-0.05, 0) is 37.1 Å². The highest BCUT2D eigenvalue weighted by Gasteiger charge is 2.13. The minimum Gasteiger partial charge on any atom is -0.478 e. The number of hydrogen-bond donors (Lipinski definition) is 2. The molecule has 0 unspecified atom stereocenters. The van der Waals surface area contributed by atoms with Gasteiger partial charge in [-0.25, -0.2) is 4.79 Å². The van der Waals surface area contributed by atoms with Gasteiger partial charge in [0.15, 0.2) is 0 Å². The first-order valence-electron chi connectivity index (χ1n) is 7.61. The molecule has 1 saturated heterocycles. The van der Waals surface area contributed by atoms with Gasteiger partial charge in [0.1, 0.15) is 11.6 Å². The van der Waals surface area contributed by atoms with Crippen molar-refractivity contribution in [3.05, 3.63) is 41.6 Å². The number of amides is 1. The SMILES string of the molecule is N#C/C(=C/N1CCCCCC1)C(=O)Nc1ccc(C(=O)O)cc1. The molecule has 1 amide bonds. The molecule has 6 heteroatoms. The van der Waals surface area contributed by atoms with E-state index < -0.39 is 11.9 Å². The van der Waals surface area contributed by atoms with Crippen LogP contribution in [-0.4, -0.2) is 35.0 Å². The van der Waals surface area contributed by atoms with Crippen molar-refractivity contribution in [2.75, 3.05) is 18.4 Å². The maximum Gasteiger partial charge on any atom is 0.335 e. The van der Waals surface area contributed by atoms with Gasteiger partial charge >= 0.3 is 5.97 Å². The zero-order chi connectivity index (χ0) is 16.7. The fraction of sp³-hybridized carbons (Fsp3) is 0.353. The third-order valence-corrected chi connectivity index (χ3v) is 3.71. The number of carbonyl (C=O) groups is 2. The second-order valence-electron chi connectivity index (χ2n) is 5.44. The molecular weight excluding hydrogens is 294 g/mol. The van der Waals surface area contributed by atoms with Crippen LogP contribution in [0.5, 0.6) is 0 Å². The number of aromatic carboxylic acids is 1. The van der Waals surface area contributed by atoms with E-state index in [2.05, 4.69) is 5.32 Å². The third-order valence-electron chi connectivity index (χ3n) is 3.71. The minimum atomic E-state index is -1.03. The lowest BCUT2D eigenvalue weighted by Crippen LogP contribution is -2.22. The van der Waals surface area contributed by atoms with Crippen molar-refractivity contribution in [3.8, 4) is 6.07 Å². The number of rotatable bonds is 4. The largest absolute Gasteiger partial charge is 0.478 e. The molecule has 23 heavy (non-hydrogen) atoms. The Balaban J connectivity index is 2.04. The van der Waals surface area contributed by atoms with Crippen LogP contribution in [-0.2, 0) is 4.79 Å². The molecule has 0 aliphatic carbocycles. The fourth-order valence-electron chi connectivity index (χ4n) is 2.44. The van der Waals surface area contributed by atoms with E-state index >= 15 is 0 Å². The molecule has 0 saturated carbocycles. The highest BCUT2D eigenvalue weighted by atomic mass is 16.4. The lowest BCUT2D eigenvalue weighted by atomic mass is 10.2. The second kappa shape index (κ2) is 7.99. The van der Waals surface area contributed by atoms with E-state index in [0.29, 0.717) is 5.69 Å². The van der Waals surface area contributed by atoms with Gasteiger partial charge < -0.3 is 15.3 Å². The van der Waals surface area contributed by atoms with E-state index in [1.807, 2.05) is 11.0 Å². The number of carboxylic acid groups (broad SMARTS) is 1. The van der Waals surface area contributed by atoms with E-state index in [0.717, 1.165) is 25.9 Å². The standard InChI is InChI=1S/C17H19N3O3/c18-11-14(12-20-9-3-1-2-4-10-20)16(21)19-15-7-5-13(6-8-15)17(22)23/h5-8,12H,1-4,9-10H2,(H,19,21)(H,22,23)/b14-12-. The van der Waals surface area contributed by atoms with Crippen molar-refractivity contribution in [1.29, 1.82) is 5.26 Å². The first-order chi connectivity index (χ1) is 11.1. The van der Waals surface area contributed by atoms with Crippen molar-refractivity contribution in [3.63, 3.8) is 0 Å². The summed E-state index contributed by atoms with van der Waals surface area (Å²) in [5, 5.41) is 20.7. The van der Waals surface area contributed by atoms with Crippen LogP contribution < -0.4 is 5.32 Å². The molecule has 1 heterocycles. The van der Waals surface area contributed by atoms with Gasteiger partial charge in [0.05, 0.1) is 5.56 Å². The number of nitrogens with one attached hydrogen (secondary N) is 1. The molecule has 1 aromatic rings. The number of nitrogens with zero attached hydrogens (tertiary/aromatic N) is 2. The van der Waals surface area contributed by atoms with Gasteiger partial charge in [-0.15, -0.1) is 0 Å². The maximum absolute atomic E-state index is 12.2. The average molecular weight is 313 g/mol. The van der Waals surface area contributed by atoms with Gasteiger partial charge in [0, 0.05) is 25.0 Å². The molecule has 0 spiro atoms. The van der Waals surface area contributed by atoms with E-state index in [1.54, 1.807) is 6.20 Å². The predicted molar refractivity (Wildman–Crippen MR) is 85.8 cm³/mol. The van der Waals surface area contributed by atoms with Crippen LogP contribution in [0.25, 0.3) is 0 Å². The molecule has 1 aliphatic rings. The Kier molecular flexibility index (Phi) is 5.75. The smallest absolute Gasteiger partial charge is 0.335 e. The molecule has 1 aliphatic heterocycles. The van der Waals surface area contributed by atoms with Crippen LogP contribution in [0.4, 0.5) is 5.69 Å². The zero-order valence-corrected chi connectivity index (χ0v) is 12.8. The van der Waals surface area contributed by atoms with Crippen molar-refractivity contribution in [2.24, 2.45) is 0 Å². The van der Waals surface area contributed by atoms with Crippen LogP contribution in [0.2, 0.25) is 0 Å². The molecule has 1 aromatic carbocycles. The molecule has 0 bridgehead atoms. The number of nitriles is 1. The first-order valence-corrected chi connectivity index (χ1v) is 7.61. The quantitative estimate of drug-likeness (QED) is 0.658. The molecule has 0 radical (unpaired) electrons. The summed E-state index contributed by atoms with van der Waals surface area (Å²) in [6, 6.07) is 7.75. The summed E-state index contributed by atoms with van der Waals surface area (Å²) in [6.45, 7) is 1.71. The monoisotopic (exact) mass is 313 g/mol. The molecule has 2 N–H and O–H groups in total. The Morgan fingerprint density at radius 1 is 1.13 bits per heavy atom. The predicted octanol–water partition coefficient (Wildman–Crippen LogP) is 2.61. The lowest BCUT2D eigenvalue weighted by Gasteiger charge is -2.17. The number of likely N-dealkylation sites (tertiary alicyclic amines) is 1. The lowest BCUT2D eigenvalue weighted by molar-refractivity contribution is -0.112. The van der Waals surface area contributed by atoms with Gasteiger partial charge in [0.25, 0.3) is 5.91 Å². The topological polar surface area (TPSA) is 93.4 Å². The van der Waals surface area contributed by atoms with Crippen LogP contribution >= 0.6 is 0 Å². The first kappa shape index (κ1) is 16.6. The second-order valence-corrected chi connectivity index (χ2v) is 5.44. The van der Waals surface area contributed by atoms with E-state index in [1.165, 1.54) is 37.1 Å². The van der Waals surface area contributed by atoms with E-state index in [-0.39, 0.29) is 11.1 Å². The van der Waals surface area contributed by atoms with Gasteiger partial charge in [-0.1, -0.05) is 12.8 Å². The summed E-state index contributed by atoms with van der Waals surface area (Å²) in [7, 11) is 0. The summed E-state index contributed by atoms with van der Waals surface area (Å²) in [4.78, 5) is 25.0. The Bertz CT molecular complexity index is 636. The summed E-state index contributed by atoms with van der Waals surface area (Å²) < 4.78 is 0. The summed E-state index contributed by atoms with van der Waals surface area (Å²) in [6.07, 6.45) is 6.09. The van der Waals surface area contributed by atoms with Gasteiger partial charge in [0.2, 0.25) is 0 Å². The van der Waals surface area contributed by atoms with Crippen molar-refractivity contribution in [1.82, 2.24) is 4.90 Å². The average Bonchev–Trinajstić information content (AvgIpc) is 2.81. The molecule has 1 fully saturated rings. The summed E-state index contributed by atoms with van der Waals surface area (Å²) in [5.41, 5.74) is 0.648. The summed E-state index contributed by atoms with van der Waals surface area (Å²) in [5.74, 6) is -1.51. The Hall–Kier alpha value is -2.81. The van der Waals surface area contributed by atoms with Gasteiger partial charge in [-0.3, -0.25) is 4.79 Å². The normalized spacial score (nSPS) is 15.4. The van der Waals surface area contributed by atoms with Crippen LogP contribution in [0.3, 0.4) is 0 Å². The minimum absolute atomic E-state index is 0.0502. The Morgan fingerprint density at radius 2 is 1.74 bits per heavy atom. The number of anilines is 1. The van der Waals surface area contributed by atoms with Crippen molar-refractivity contribution < 1.29 is 14.7 Å². The number of carbonyl (C=O) groups excluding carboxylic acids is 1. The highest BCUT2D eigenvalue weighted by molar-refractivity contribution is 6.06. The highest BCUT2D eigenvalue weighted by Crippen LogP contribution is 2.13. The van der Waals surface area contributed by atoms with Crippen molar-refractivity contribution in [2.45, 2.75) is 25.7 Å². The maximum atomic E-state index is 12.2. The van der Waals surface area contributed by atoms with Crippen LogP contribution in [0.1, 0.15) is 36.0 Å². The molecule has 0 aromatic heterocycles. The fourth-order valence-corrected chi connectivity index (χ4v) is 2.44. The van der Waals surface area contributed by atoms with Crippen LogP contribution in [0, 0.1) is 11.3 Å². The number of hydrogen-bond acceptors (Lipinski definition) is 4. The van der Waals surface area contributed by atoms with E-state index in [9.17, 15) is 14.9 Å². The summed E-state index contributed by atoms with van der Waals surface area (Å²) >= 11 is 0. The molecule has 0 atom stereocenters. The zero-order valence-electron chi connectivity index (χ0n) is 12.8.